The topological polar surface area (TPSA) is 26.3 Å². The van der Waals surface area contributed by atoms with Crippen LogP contribution in [0.3, 0.4) is 0 Å². The number of esters is 1. The molecule has 214 valence electrons. The fourth-order valence-electron chi connectivity index (χ4n) is 10.2. The Hall–Kier alpha value is 1.39. The SMILES string of the molecule is CCC(C(C)C)C(Br)C(Br)C(C)C1CCC2C3CC(Br)C4(Br)CC(OC(C)=O)CCC4(C)C3CCC12C. The summed E-state index contributed by atoms with van der Waals surface area (Å²) in [6.45, 7) is 16.4. The lowest BCUT2D eigenvalue weighted by atomic mass is 9.44. The van der Waals surface area contributed by atoms with Gasteiger partial charge in [-0.2, -0.15) is 0 Å². The summed E-state index contributed by atoms with van der Waals surface area (Å²) < 4.78 is 5.74. The molecule has 0 heterocycles. The maximum atomic E-state index is 11.7. The van der Waals surface area contributed by atoms with E-state index in [4.69, 9.17) is 4.74 Å². The lowest BCUT2D eigenvalue weighted by Gasteiger charge is -2.66. The van der Waals surface area contributed by atoms with Crippen LogP contribution in [0.4, 0.5) is 0 Å². The van der Waals surface area contributed by atoms with Gasteiger partial charge in [0, 0.05) is 32.2 Å². The minimum Gasteiger partial charge on any atom is -0.463 e. The Bertz CT molecular complexity index is 836. The van der Waals surface area contributed by atoms with Gasteiger partial charge in [0.25, 0.3) is 0 Å². The highest BCUT2D eigenvalue weighted by Gasteiger charge is 2.67. The second kappa shape index (κ2) is 11.6. The van der Waals surface area contributed by atoms with E-state index in [1.165, 1.54) is 38.5 Å². The van der Waals surface area contributed by atoms with Crippen molar-refractivity contribution < 1.29 is 9.53 Å². The Kier molecular flexibility index (Phi) is 9.80. The van der Waals surface area contributed by atoms with Gasteiger partial charge in [-0.15, -0.1) is 0 Å². The first kappa shape index (κ1) is 31.3. The zero-order chi connectivity index (χ0) is 27.5. The van der Waals surface area contributed by atoms with E-state index in [2.05, 4.69) is 105 Å². The van der Waals surface area contributed by atoms with Gasteiger partial charge in [-0.3, -0.25) is 4.79 Å². The van der Waals surface area contributed by atoms with Crippen LogP contribution < -0.4 is 0 Å². The van der Waals surface area contributed by atoms with Crippen molar-refractivity contribution in [3.63, 3.8) is 0 Å². The number of hydrogen-bond acceptors (Lipinski definition) is 2. The van der Waals surface area contributed by atoms with Gasteiger partial charge >= 0.3 is 5.97 Å². The Morgan fingerprint density at radius 3 is 2.27 bits per heavy atom. The summed E-state index contributed by atoms with van der Waals surface area (Å²) in [5.41, 5.74) is 0.666. The predicted octanol–water partition coefficient (Wildman–Crippen LogP) is 10.3. The fourth-order valence-corrected chi connectivity index (χ4v) is 14.6. The normalized spacial score (nSPS) is 46.8. The van der Waals surface area contributed by atoms with E-state index >= 15 is 0 Å². The molecule has 0 aromatic rings. The minimum atomic E-state index is -0.140. The molecule has 4 aliphatic rings. The second-order valence-electron chi connectivity index (χ2n) is 14.1. The van der Waals surface area contributed by atoms with Crippen LogP contribution in [0.15, 0.2) is 0 Å². The third kappa shape index (κ3) is 5.26. The Morgan fingerprint density at radius 1 is 1.00 bits per heavy atom. The van der Waals surface area contributed by atoms with Gasteiger partial charge in [-0.1, -0.05) is 112 Å². The molecule has 0 N–H and O–H groups in total. The molecule has 4 aliphatic carbocycles. The maximum absolute atomic E-state index is 11.7. The molecule has 13 atom stereocenters. The second-order valence-corrected chi connectivity index (χ2v) is 18.8. The predicted molar refractivity (Wildman–Crippen MR) is 170 cm³/mol. The number of hydrogen-bond donors (Lipinski definition) is 0. The van der Waals surface area contributed by atoms with Crippen molar-refractivity contribution in [2.75, 3.05) is 0 Å². The zero-order valence-electron chi connectivity index (χ0n) is 24.0. The van der Waals surface area contributed by atoms with Gasteiger partial charge in [-0.05, 0) is 97.2 Å². The van der Waals surface area contributed by atoms with Crippen molar-refractivity contribution >= 4 is 69.7 Å². The summed E-state index contributed by atoms with van der Waals surface area (Å²) in [6.07, 6.45) is 11.1. The number of carbonyl (C=O) groups is 1. The highest BCUT2D eigenvalue weighted by atomic mass is 79.9. The lowest BCUT2D eigenvalue weighted by molar-refractivity contribution is -0.155. The van der Waals surface area contributed by atoms with Gasteiger partial charge in [0.05, 0.1) is 0 Å². The van der Waals surface area contributed by atoms with Crippen molar-refractivity contribution in [3.05, 3.63) is 0 Å². The first-order chi connectivity index (χ1) is 17.2. The first-order valence-corrected chi connectivity index (χ1v) is 18.5. The van der Waals surface area contributed by atoms with E-state index in [0.717, 1.165) is 42.9 Å². The smallest absolute Gasteiger partial charge is 0.302 e. The molecule has 0 saturated heterocycles. The van der Waals surface area contributed by atoms with Gasteiger partial charge in [-0.25, -0.2) is 0 Å². The molecule has 4 fully saturated rings. The Labute approximate surface area is 260 Å². The molecular formula is C31H50Br4O2. The average molecular weight is 774 g/mol. The zero-order valence-corrected chi connectivity index (χ0v) is 30.4. The molecule has 13 unspecified atom stereocenters. The lowest BCUT2D eigenvalue weighted by Crippen LogP contribution is -2.64. The van der Waals surface area contributed by atoms with Crippen LogP contribution in [0.25, 0.3) is 0 Å². The van der Waals surface area contributed by atoms with Crippen molar-refractivity contribution in [3.8, 4) is 0 Å². The van der Waals surface area contributed by atoms with E-state index < -0.39 is 0 Å². The van der Waals surface area contributed by atoms with Crippen LogP contribution in [0.1, 0.15) is 106 Å². The van der Waals surface area contributed by atoms with E-state index in [1.807, 2.05) is 0 Å². The van der Waals surface area contributed by atoms with Crippen LogP contribution in [0, 0.1) is 52.3 Å². The van der Waals surface area contributed by atoms with Gasteiger partial charge in [0.2, 0.25) is 0 Å². The molecule has 0 aromatic carbocycles. The average Bonchev–Trinajstić information content (AvgIpc) is 3.17. The third-order valence-corrected chi connectivity index (χ3v) is 19.2. The van der Waals surface area contributed by atoms with Crippen LogP contribution in [-0.4, -0.2) is 30.9 Å². The summed E-state index contributed by atoms with van der Waals surface area (Å²) >= 11 is 16.9. The number of alkyl halides is 4. The molecule has 0 aromatic heterocycles. The molecule has 37 heavy (non-hydrogen) atoms. The monoisotopic (exact) mass is 770 g/mol. The van der Waals surface area contributed by atoms with Gasteiger partial charge in [0.1, 0.15) is 6.10 Å². The van der Waals surface area contributed by atoms with E-state index in [-0.39, 0.29) is 21.8 Å². The van der Waals surface area contributed by atoms with E-state index in [0.29, 0.717) is 37.7 Å². The first-order valence-electron chi connectivity index (χ1n) is 15.0. The molecule has 0 bridgehead atoms. The third-order valence-electron chi connectivity index (χ3n) is 12.3. The highest BCUT2D eigenvalue weighted by Crippen LogP contribution is 2.72. The maximum Gasteiger partial charge on any atom is 0.302 e. The summed E-state index contributed by atoms with van der Waals surface area (Å²) in [5.74, 6) is 5.06. The number of ether oxygens (including phenoxy) is 1. The Balaban J connectivity index is 1.54. The summed E-state index contributed by atoms with van der Waals surface area (Å²) in [6, 6.07) is 0. The number of rotatable bonds is 7. The summed E-state index contributed by atoms with van der Waals surface area (Å²) in [5, 5.41) is 0. The molecule has 2 nitrogen and oxygen atoms in total. The summed E-state index contributed by atoms with van der Waals surface area (Å²) in [4.78, 5) is 13.2. The van der Waals surface area contributed by atoms with Crippen LogP contribution in [0.5, 0.6) is 0 Å². The van der Waals surface area contributed by atoms with Crippen molar-refractivity contribution in [2.45, 2.75) is 131 Å². The van der Waals surface area contributed by atoms with Crippen molar-refractivity contribution in [2.24, 2.45) is 52.3 Å². The Morgan fingerprint density at radius 2 is 1.68 bits per heavy atom. The largest absolute Gasteiger partial charge is 0.463 e. The molecule has 4 saturated carbocycles. The van der Waals surface area contributed by atoms with Crippen LogP contribution in [-0.2, 0) is 9.53 Å². The molecule has 4 rings (SSSR count). The van der Waals surface area contributed by atoms with E-state index in [1.54, 1.807) is 6.92 Å². The number of fused-ring (bicyclic) bond motifs is 5. The fraction of sp³-hybridized carbons (Fsp3) is 0.968. The van der Waals surface area contributed by atoms with Crippen LogP contribution >= 0.6 is 63.7 Å². The van der Waals surface area contributed by atoms with Crippen LogP contribution in [0.2, 0.25) is 0 Å². The molecule has 0 spiro atoms. The van der Waals surface area contributed by atoms with E-state index in [9.17, 15) is 4.79 Å². The number of halogens is 4. The summed E-state index contributed by atoms with van der Waals surface area (Å²) in [7, 11) is 0. The molecule has 6 heteroatoms. The van der Waals surface area contributed by atoms with Crippen molar-refractivity contribution in [1.29, 1.82) is 0 Å². The van der Waals surface area contributed by atoms with Gasteiger partial charge < -0.3 is 4.74 Å². The quantitative estimate of drug-likeness (QED) is 0.190. The van der Waals surface area contributed by atoms with Gasteiger partial charge in [0.15, 0.2) is 0 Å². The molecule has 0 radical (unpaired) electrons. The molecule has 0 aliphatic heterocycles. The number of carbonyl (C=O) groups excluding carboxylic acids is 1. The molecular weight excluding hydrogens is 724 g/mol. The standard InChI is InChI=1S/C31H50Br4O2/c1-8-21(17(2)3)28(34)27(33)18(4)23-9-10-24-22-15-26(32)31(35)16-20(37-19(5)36)11-14-30(31,7)25(22)12-13-29(23,24)6/h17-18,20-28H,8-16H2,1-7H3. The molecule has 0 amide bonds. The minimum absolute atomic E-state index is 0.00524. The van der Waals surface area contributed by atoms with Crippen molar-refractivity contribution in [1.82, 2.24) is 0 Å². The highest BCUT2D eigenvalue weighted by molar-refractivity contribution is 9.12.